The van der Waals surface area contributed by atoms with E-state index in [1.54, 1.807) is 24.0 Å². The standard InChI is InChI=1S/C37H51N5O10S/c1-6-23-21-37(23,34(47)40-53(49,50)25-15-16-25)39-31(44)29-19-24(52-35(48)38-28-14-10-9-13-26(28)33(46)51-7-2)22-42(29)32(45)27(36(3,4)5)20-30(43)41-17-11-8-12-18-41/h6,9-10,13-14,23-25,27,29H,1,7-8,11-12,15-22H2,2-5H3,(H,38,48)(H,39,44)(H,40,47)/t23?,24-,27-,29+,37?/m1/s1. The minimum atomic E-state index is -3.93. The third-order valence-corrected chi connectivity index (χ3v) is 12.3. The first-order valence-electron chi connectivity index (χ1n) is 18.3. The van der Waals surface area contributed by atoms with E-state index in [9.17, 15) is 37.2 Å². The van der Waals surface area contributed by atoms with Gasteiger partial charge in [-0.1, -0.05) is 39.0 Å². The second-order valence-corrected chi connectivity index (χ2v) is 17.4. The van der Waals surface area contributed by atoms with Crippen molar-refractivity contribution in [3.63, 3.8) is 0 Å². The highest BCUT2D eigenvalue weighted by atomic mass is 32.2. The number of sulfonamides is 1. The molecule has 5 rings (SSSR count). The Morgan fingerprint density at radius 3 is 2.34 bits per heavy atom. The van der Waals surface area contributed by atoms with Crippen LogP contribution in [-0.4, -0.2) is 103 Å². The van der Waals surface area contributed by atoms with Crippen molar-refractivity contribution in [2.24, 2.45) is 17.3 Å². The zero-order valence-electron chi connectivity index (χ0n) is 30.9. The van der Waals surface area contributed by atoms with Crippen LogP contribution in [0, 0.1) is 17.3 Å². The number of anilines is 1. The number of rotatable bonds is 13. The Hall–Kier alpha value is -4.47. The van der Waals surface area contributed by atoms with Crippen molar-refractivity contribution in [3.05, 3.63) is 42.5 Å². The molecule has 4 aliphatic rings. The second kappa shape index (κ2) is 15.9. The highest BCUT2D eigenvalue weighted by Crippen LogP contribution is 2.46. The lowest BCUT2D eigenvalue weighted by Gasteiger charge is -2.36. The molecule has 1 aromatic carbocycles. The van der Waals surface area contributed by atoms with E-state index >= 15 is 0 Å². The lowest BCUT2D eigenvalue weighted by atomic mass is 9.77. The molecule has 4 fully saturated rings. The SMILES string of the molecule is C=CC1CC1(NC(=O)[C@@H]1C[C@@H](OC(=O)Nc2ccccc2C(=O)OCC)CN1C(=O)[C@@H](CC(=O)N1CCCCC1)C(C)(C)C)C(=O)NS(=O)(=O)C1CC1. The van der Waals surface area contributed by atoms with Crippen molar-refractivity contribution >= 4 is 51.4 Å². The molecule has 2 unspecified atom stereocenters. The van der Waals surface area contributed by atoms with Crippen LogP contribution >= 0.6 is 0 Å². The van der Waals surface area contributed by atoms with E-state index < -0.39 is 80.0 Å². The molecule has 2 aliphatic carbocycles. The maximum Gasteiger partial charge on any atom is 0.411 e. The summed E-state index contributed by atoms with van der Waals surface area (Å²) in [5.74, 6) is -4.34. The molecule has 0 spiro atoms. The molecule has 15 nitrogen and oxygen atoms in total. The lowest BCUT2D eigenvalue weighted by molar-refractivity contribution is -0.148. The number of carbonyl (C=O) groups excluding carboxylic acids is 6. The van der Waals surface area contributed by atoms with Crippen LogP contribution in [0.1, 0.15) is 89.4 Å². The Kier molecular flexibility index (Phi) is 11.9. The summed E-state index contributed by atoms with van der Waals surface area (Å²) in [5.41, 5.74) is -2.07. The summed E-state index contributed by atoms with van der Waals surface area (Å²) in [4.78, 5) is 84.3. The van der Waals surface area contributed by atoms with Gasteiger partial charge in [0.05, 0.1) is 35.6 Å². The number of esters is 1. The fraction of sp³-hybridized carbons (Fsp3) is 0.622. The van der Waals surface area contributed by atoms with Gasteiger partial charge in [-0.2, -0.15) is 0 Å². The fourth-order valence-corrected chi connectivity index (χ4v) is 8.44. The maximum absolute atomic E-state index is 14.5. The first-order chi connectivity index (χ1) is 25.0. The first kappa shape index (κ1) is 39.7. The normalized spacial score (nSPS) is 24.7. The van der Waals surface area contributed by atoms with Gasteiger partial charge in [0.2, 0.25) is 27.7 Å². The van der Waals surface area contributed by atoms with Gasteiger partial charge >= 0.3 is 12.1 Å². The Balaban J connectivity index is 1.38. The molecule has 3 N–H and O–H groups in total. The van der Waals surface area contributed by atoms with Crippen LogP contribution in [0.25, 0.3) is 0 Å². The lowest BCUT2D eigenvalue weighted by Crippen LogP contribution is -2.57. The van der Waals surface area contributed by atoms with Gasteiger partial charge in [0, 0.05) is 31.8 Å². The average molecular weight is 758 g/mol. The van der Waals surface area contributed by atoms with Gasteiger partial charge in [-0.05, 0) is 63.0 Å². The van der Waals surface area contributed by atoms with Crippen molar-refractivity contribution in [2.45, 2.75) is 102 Å². The van der Waals surface area contributed by atoms with Crippen LogP contribution in [-0.2, 0) is 38.7 Å². The summed E-state index contributed by atoms with van der Waals surface area (Å²) in [6.07, 6.45) is 3.03. The topological polar surface area (TPSA) is 198 Å². The highest BCUT2D eigenvalue weighted by Gasteiger charge is 2.62. The van der Waals surface area contributed by atoms with Crippen LogP contribution in [0.15, 0.2) is 36.9 Å². The monoisotopic (exact) mass is 757 g/mol. The molecule has 1 aromatic rings. The van der Waals surface area contributed by atoms with Gasteiger partial charge < -0.3 is 24.6 Å². The predicted molar refractivity (Wildman–Crippen MR) is 194 cm³/mol. The van der Waals surface area contributed by atoms with Crippen LogP contribution < -0.4 is 15.4 Å². The summed E-state index contributed by atoms with van der Waals surface area (Å²) in [7, 11) is -3.93. The number of piperidine rings is 1. The van der Waals surface area contributed by atoms with Crippen molar-refractivity contribution < 1.29 is 46.7 Å². The highest BCUT2D eigenvalue weighted by molar-refractivity contribution is 7.91. The van der Waals surface area contributed by atoms with Gasteiger partial charge in [0.25, 0.3) is 5.91 Å². The van der Waals surface area contributed by atoms with Crippen molar-refractivity contribution in [1.29, 1.82) is 0 Å². The molecular formula is C37H51N5O10S. The van der Waals surface area contributed by atoms with Crippen molar-refractivity contribution in [1.82, 2.24) is 19.8 Å². The average Bonchev–Trinajstić information content (AvgIpc) is 4.04. The number of amides is 5. The molecule has 290 valence electrons. The largest absolute Gasteiger partial charge is 0.462 e. The fourth-order valence-electron chi connectivity index (χ4n) is 7.07. The molecule has 2 saturated carbocycles. The third kappa shape index (κ3) is 9.19. The Bertz CT molecular complexity index is 1730. The van der Waals surface area contributed by atoms with Gasteiger partial charge in [-0.3, -0.25) is 29.2 Å². The number of nitrogens with zero attached hydrogens (tertiary/aromatic N) is 2. The zero-order valence-corrected chi connectivity index (χ0v) is 31.7. The van der Waals surface area contributed by atoms with Crippen molar-refractivity contribution in [2.75, 3.05) is 31.6 Å². The van der Waals surface area contributed by atoms with E-state index in [0.717, 1.165) is 19.3 Å². The smallest absolute Gasteiger partial charge is 0.411 e. The molecular weight excluding hydrogens is 706 g/mol. The van der Waals surface area contributed by atoms with Gasteiger partial charge in [0.15, 0.2) is 0 Å². The van der Waals surface area contributed by atoms with E-state index in [0.29, 0.717) is 25.9 Å². The minimum absolute atomic E-state index is 0.0895. The van der Waals surface area contributed by atoms with Gasteiger partial charge in [-0.15, -0.1) is 6.58 Å². The van der Waals surface area contributed by atoms with Crippen LogP contribution in [0.4, 0.5) is 10.5 Å². The first-order valence-corrected chi connectivity index (χ1v) is 19.9. The van der Waals surface area contributed by atoms with Crippen LogP contribution in [0.2, 0.25) is 0 Å². The zero-order chi connectivity index (χ0) is 38.7. The summed E-state index contributed by atoms with van der Waals surface area (Å²) < 4.78 is 38.2. The number of carbonyl (C=O) groups is 6. The van der Waals surface area contributed by atoms with E-state index in [4.69, 9.17) is 9.47 Å². The third-order valence-electron chi connectivity index (χ3n) is 10.5. The number of hydrogen-bond acceptors (Lipinski definition) is 10. The van der Waals surface area contributed by atoms with E-state index in [2.05, 4.69) is 21.9 Å². The Morgan fingerprint density at radius 2 is 1.74 bits per heavy atom. The maximum atomic E-state index is 14.5. The van der Waals surface area contributed by atoms with E-state index in [-0.39, 0.29) is 49.6 Å². The summed E-state index contributed by atoms with van der Waals surface area (Å²) in [6.45, 7) is 12.0. The number of benzene rings is 1. The Morgan fingerprint density at radius 1 is 1.06 bits per heavy atom. The number of para-hydroxylation sites is 1. The number of hydrogen-bond donors (Lipinski definition) is 3. The second-order valence-electron chi connectivity index (χ2n) is 15.4. The molecule has 2 heterocycles. The minimum Gasteiger partial charge on any atom is -0.462 e. The van der Waals surface area contributed by atoms with Crippen LogP contribution in [0.5, 0.6) is 0 Å². The molecule has 5 atom stereocenters. The summed E-state index contributed by atoms with van der Waals surface area (Å²) in [5, 5.41) is 4.61. The molecule has 2 saturated heterocycles. The molecule has 5 amide bonds. The van der Waals surface area contributed by atoms with Gasteiger partial charge in [-0.25, -0.2) is 18.0 Å². The van der Waals surface area contributed by atoms with E-state index in [1.807, 2.05) is 20.8 Å². The molecule has 0 radical (unpaired) electrons. The van der Waals surface area contributed by atoms with E-state index in [1.165, 1.54) is 23.1 Å². The quantitative estimate of drug-likeness (QED) is 0.199. The number of ether oxygens (including phenoxy) is 2. The summed E-state index contributed by atoms with van der Waals surface area (Å²) in [6, 6.07) is 4.97. The predicted octanol–water partition coefficient (Wildman–Crippen LogP) is 3.12. The Labute approximate surface area is 310 Å². The van der Waals surface area contributed by atoms with Gasteiger partial charge in [0.1, 0.15) is 17.7 Å². The van der Waals surface area contributed by atoms with Crippen molar-refractivity contribution in [3.8, 4) is 0 Å². The molecule has 16 heteroatoms. The molecule has 0 aromatic heterocycles. The number of likely N-dealkylation sites (tertiary alicyclic amines) is 2. The molecule has 0 bridgehead atoms. The van der Waals surface area contributed by atoms with Crippen LogP contribution in [0.3, 0.4) is 0 Å². The summed E-state index contributed by atoms with van der Waals surface area (Å²) >= 11 is 0. The molecule has 53 heavy (non-hydrogen) atoms. The molecule has 2 aliphatic heterocycles. The number of nitrogens with one attached hydrogen (secondary N) is 3.